The van der Waals surface area contributed by atoms with Crippen LogP contribution in [0, 0.1) is 5.82 Å². The van der Waals surface area contributed by atoms with Crippen LogP contribution in [0.25, 0.3) is 11.3 Å². The zero-order valence-corrected chi connectivity index (χ0v) is 12.7. The van der Waals surface area contributed by atoms with Crippen LogP contribution in [0.1, 0.15) is 26.8 Å². The van der Waals surface area contributed by atoms with Gasteiger partial charge in [-0.05, 0) is 51.1 Å². The van der Waals surface area contributed by atoms with Crippen molar-refractivity contribution >= 4 is 5.91 Å². The number of carbonyl (C=O) groups is 1. The number of halogens is 1. The maximum Gasteiger partial charge on any atom is 0.267 e. The van der Waals surface area contributed by atoms with Crippen LogP contribution in [0.15, 0.2) is 41.2 Å². The van der Waals surface area contributed by atoms with Gasteiger partial charge < -0.3 is 5.32 Å². The lowest BCUT2D eigenvalue weighted by molar-refractivity contribution is -0.124. The van der Waals surface area contributed by atoms with Crippen LogP contribution in [0.3, 0.4) is 0 Å². The lowest BCUT2D eigenvalue weighted by atomic mass is 10.1. The molecule has 0 saturated heterocycles. The molecule has 0 fully saturated rings. The third-order valence-corrected chi connectivity index (χ3v) is 3.14. The molecular formula is C16H18FN3O2. The second-order valence-corrected chi connectivity index (χ2v) is 5.35. The van der Waals surface area contributed by atoms with Gasteiger partial charge in [0.2, 0.25) is 5.91 Å². The number of carbonyl (C=O) groups excluding carboxylic acids is 1. The first-order valence-corrected chi connectivity index (χ1v) is 7.04. The van der Waals surface area contributed by atoms with Gasteiger partial charge in [0.1, 0.15) is 11.9 Å². The molecule has 0 radical (unpaired) electrons. The Morgan fingerprint density at radius 2 is 1.77 bits per heavy atom. The molecule has 0 spiro atoms. The molecule has 1 heterocycles. The highest BCUT2D eigenvalue weighted by Crippen LogP contribution is 2.16. The van der Waals surface area contributed by atoms with Gasteiger partial charge in [-0.1, -0.05) is 0 Å². The normalized spacial score (nSPS) is 12.2. The summed E-state index contributed by atoms with van der Waals surface area (Å²) in [5, 5.41) is 6.97. The van der Waals surface area contributed by atoms with Crippen LogP contribution in [-0.2, 0) is 4.79 Å². The van der Waals surface area contributed by atoms with E-state index in [1.54, 1.807) is 25.1 Å². The topological polar surface area (TPSA) is 64.0 Å². The lowest BCUT2D eigenvalue weighted by Gasteiger charge is -2.16. The Hall–Kier alpha value is -2.50. The van der Waals surface area contributed by atoms with Gasteiger partial charge in [0.15, 0.2) is 0 Å². The third-order valence-electron chi connectivity index (χ3n) is 3.14. The fourth-order valence-electron chi connectivity index (χ4n) is 1.99. The number of aromatic nitrogens is 2. The van der Waals surface area contributed by atoms with Gasteiger partial charge in [-0.15, -0.1) is 0 Å². The number of nitrogens with one attached hydrogen (secondary N) is 1. The van der Waals surface area contributed by atoms with Crippen molar-refractivity contribution in [2.75, 3.05) is 0 Å². The van der Waals surface area contributed by atoms with Crippen molar-refractivity contribution in [2.45, 2.75) is 32.9 Å². The van der Waals surface area contributed by atoms with Gasteiger partial charge in [0.25, 0.3) is 5.56 Å². The summed E-state index contributed by atoms with van der Waals surface area (Å²) in [5.41, 5.74) is 0.813. The van der Waals surface area contributed by atoms with E-state index < -0.39 is 6.04 Å². The number of hydrogen-bond donors (Lipinski definition) is 1. The number of nitrogens with zero attached hydrogens (tertiary/aromatic N) is 2. The number of benzene rings is 1. The summed E-state index contributed by atoms with van der Waals surface area (Å²) >= 11 is 0. The highest BCUT2D eigenvalue weighted by atomic mass is 19.1. The highest BCUT2D eigenvalue weighted by Gasteiger charge is 2.18. The molecule has 0 aliphatic heterocycles. The lowest BCUT2D eigenvalue weighted by Crippen LogP contribution is -2.39. The summed E-state index contributed by atoms with van der Waals surface area (Å²) in [6.45, 7) is 5.30. The van der Waals surface area contributed by atoms with Crippen LogP contribution in [0.4, 0.5) is 4.39 Å². The molecule has 0 aliphatic rings. The fraction of sp³-hybridized carbons (Fsp3) is 0.312. The summed E-state index contributed by atoms with van der Waals surface area (Å²) in [6.07, 6.45) is 0. The number of hydrogen-bond acceptors (Lipinski definition) is 3. The van der Waals surface area contributed by atoms with E-state index in [4.69, 9.17) is 0 Å². The quantitative estimate of drug-likeness (QED) is 0.941. The molecule has 1 N–H and O–H groups in total. The molecule has 22 heavy (non-hydrogen) atoms. The van der Waals surface area contributed by atoms with Crippen molar-refractivity contribution in [3.05, 3.63) is 52.6 Å². The largest absolute Gasteiger partial charge is 0.352 e. The Bertz CT molecular complexity index is 723. The van der Waals surface area contributed by atoms with Crippen molar-refractivity contribution in [3.63, 3.8) is 0 Å². The van der Waals surface area contributed by atoms with Gasteiger partial charge in [-0.3, -0.25) is 9.59 Å². The van der Waals surface area contributed by atoms with Gasteiger partial charge in [0.05, 0.1) is 5.69 Å². The molecule has 116 valence electrons. The molecule has 5 nitrogen and oxygen atoms in total. The SMILES string of the molecule is CC(C)NC(=O)[C@H](C)n1nc(-c2ccc(F)cc2)ccc1=O. The molecule has 0 unspecified atom stereocenters. The van der Waals surface area contributed by atoms with E-state index in [0.29, 0.717) is 11.3 Å². The summed E-state index contributed by atoms with van der Waals surface area (Å²) < 4.78 is 14.1. The Labute approximate surface area is 127 Å². The maximum absolute atomic E-state index is 13.0. The fourth-order valence-corrected chi connectivity index (χ4v) is 1.99. The van der Waals surface area contributed by atoms with Gasteiger partial charge in [-0.25, -0.2) is 9.07 Å². The van der Waals surface area contributed by atoms with Crippen LogP contribution in [0.2, 0.25) is 0 Å². The molecule has 0 saturated carbocycles. The zero-order chi connectivity index (χ0) is 16.3. The molecule has 1 amide bonds. The van der Waals surface area contributed by atoms with E-state index >= 15 is 0 Å². The minimum atomic E-state index is -0.727. The molecule has 0 aliphatic carbocycles. The van der Waals surface area contributed by atoms with Crippen molar-refractivity contribution in [3.8, 4) is 11.3 Å². The number of rotatable bonds is 4. The Kier molecular flexibility index (Phi) is 4.70. The smallest absolute Gasteiger partial charge is 0.267 e. The average molecular weight is 303 g/mol. The van der Waals surface area contributed by atoms with E-state index in [2.05, 4.69) is 10.4 Å². The van der Waals surface area contributed by atoms with Gasteiger partial charge in [-0.2, -0.15) is 5.10 Å². The second-order valence-electron chi connectivity index (χ2n) is 5.35. The minimum absolute atomic E-state index is 0.0223. The Balaban J connectivity index is 2.36. The summed E-state index contributed by atoms with van der Waals surface area (Å²) in [4.78, 5) is 24.0. The molecule has 2 aromatic rings. The first-order chi connectivity index (χ1) is 10.4. The first kappa shape index (κ1) is 15.9. The third kappa shape index (κ3) is 3.58. The highest BCUT2D eigenvalue weighted by molar-refractivity contribution is 5.80. The standard InChI is InChI=1S/C16H18FN3O2/c1-10(2)18-16(22)11(3)20-15(21)9-8-14(19-20)12-4-6-13(17)7-5-12/h4-11H,1-3H3,(H,18,22)/t11-/m0/s1. The van der Waals surface area contributed by atoms with E-state index in [-0.39, 0.29) is 23.3 Å². The van der Waals surface area contributed by atoms with Gasteiger partial charge in [0, 0.05) is 17.7 Å². The Morgan fingerprint density at radius 1 is 1.14 bits per heavy atom. The summed E-state index contributed by atoms with van der Waals surface area (Å²) in [6, 6.07) is 7.95. The van der Waals surface area contributed by atoms with E-state index in [9.17, 15) is 14.0 Å². The predicted octanol–water partition coefficient (Wildman–Crippen LogP) is 2.13. The van der Waals surface area contributed by atoms with E-state index in [1.165, 1.54) is 18.2 Å². The zero-order valence-electron chi connectivity index (χ0n) is 12.7. The molecule has 1 aromatic heterocycles. The molecule has 0 bridgehead atoms. The molecule has 1 atom stereocenters. The van der Waals surface area contributed by atoms with Crippen molar-refractivity contribution in [2.24, 2.45) is 0 Å². The molecule has 6 heteroatoms. The van der Waals surface area contributed by atoms with E-state index in [0.717, 1.165) is 4.68 Å². The molecular weight excluding hydrogens is 285 g/mol. The van der Waals surface area contributed by atoms with Crippen LogP contribution in [0.5, 0.6) is 0 Å². The first-order valence-electron chi connectivity index (χ1n) is 7.04. The predicted molar refractivity (Wildman–Crippen MR) is 81.9 cm³/mol. The Morgan fingerprint density at radius 3 is 2.36 bits per heavy atom. The minimum Gasteiger partial charge on any atom is -0.352 e. The van der Waals surface area contributed by atoms with Crippen LogP contribution < -0.4 is 10.9 Å². The van der Waals surface area contributed by atoms with Gasteiger partial charge >= 0.3 is 0 Å². The van der Waals surface area contributed by atoms with Crippen LogP contribution >= 0.6 is 0 Å². The average Bonchev–Trinajstić information content (AvgIpc) is 2.47. The van der Waals surface area contributed by atoms with Crippen LogP contribution in [-0.4, -0.2) is 21.7 Å². The second kappa shape index (κ2) is 6.51. The number of amides is 1. The monoisotopic (exact) mass is 303 g/mol. The van der Waals surface area contributed by atoms with E-state index in [1.807, 2.05) is 13.8 Å². The van der Waals surface area contributed by atoms with Crippen molar-refractivity contribution in [1.82, 2.24) is 15.1 Å². The maximum atomic E-state index is 13.0. The molecule has 2 rings (SSSR count). The van der Waals surface area contributed by atoms with Crippen molar-refractivity contribution < 1.29 is 9.18 Å². The molecule has 1 aromatic carbocycles. The van der Waals surface area contributed by atoms with Crippen molar-refractivity contribution in [1.29, 1.82) is 0 Å². The summed E-state index contributed by atoms with van der Waals surface area (Å²) in [5.74, 6) is -0.623. The summed E-state index contributed by atoms with van der Waals surface area (Å²) in [7, 11) is 0.